The molecule has 0 spiro atoms. The second kappa shape index (κ2) is 5.58. The number of amides is 1. The van der Waals surface area contributed by atoms with Gasteiger partial charge in [0.2, 0.25) is 5.91 Å². The van der Waals surface area contributed by atoms with Crippen LogP contribution in [0.3, 0.4) is 0 Å². The largest absolute Gasteiger partial charge is 0.573 e. The fourth-order valence-electron chi connectivity index (χ4n) is 2.94. The van der Waals surface area contributed by atoms with E-state index in [1.54, 1.807) is 6.07 Å². The Morgan fingerprint density at radius 1 is 1.29 bits per heavy atom. The van der Waals surface area contributed by atoms with Crippen molar-refractivity contribution in [2.75, 3.05) is 5.32 Å². The van der Waals surface area contributed by atoms with Gasteiger partial charge >= 0.3 is 6.36 Å². The Bertz CT molecular complexity index is 540. The Kier molecular flexibility index (Phi) is 4.16. The summed E-state index contributed by atoms with van der Waals surface area (Å²) in [5, 5.41) is 2.53. The van der Waals surface area contributed by atoms with Crippen molar-refractivity contribution in [2.45, 2.75) is 39.5 Å². The number of anilines is 1. The average Bonchev–Trinajstić information content (AvgIpc) is 2.63. The summed E-state index contributed by atoms with van der Waals surface area (Å²) in [6.07, 6.45) is -3.95. The van der Waals surface area contributed by atoms with E-state index >= 15 is 0 Å². The smallest absolute Gasteiger partial charge is 0.404 e. The summed E-state index contributed by atoms with van der Waals surface area (Å²) in [7, 11) is 0. The summed E-state index contributed by atoms with van der Waals surface area (Å²) in [5.41, 5.74) is 0.718. The number of hydrogen-bond acceptors (Lipinski definition) is 2. The monoisotopic (exact) mass is 301 g/mol. The molecule has 0 bridgehead atoms. The van der Waals surface area contributed by atoms with Crippen LogP contribution >= 0.6 is 0 Å². The van der Waals surface area contributed by atoms with Gasteiger partial charge in [-0.15, -0.1) is 13.2 Å². The Labute approximate surface area is 121 Å². The van der Waals surface area contributed by atoms with Gasteiger partial charge in [-0.05, 0) is 29.9 Å². The SMILES string of the molecule is CC(C)CC(C)C1C(=O)Nc2c(OC(F)(F)F)cccc21. The second-order valence-corrected chi connectivity index (χ2v) is 5.84. The number of alkyl halides is 3. The van der Waals surface area contributed by atoms with Crippen molar-refractivity contribution in [3.05, 3.63) is 23.8 Å². The molecule has 6 heteroatoms. The molecule has 2 atom stereocenters. The number of carbonyl (C=O) groups is 1. The number of para-hydroxylation sites is 1. The predicted molar refractivity (Wildman–Crippen MR) is 73.1 cm³/mol. The van der Waals surface area contributed by atoms with Crippen LogP contribution in [0.5, 0.6) is 5.75 Å². The van der Waals surface area contributed by atoms with Gasteiger partial charge in [-0.3, -0.25) is 4.79 Å². The zero-order chi connectivity index (χ0) is 15.8. The molecule has 1 aliphatic heterocycles. The molecule has 116 valence electrons. The van der Waals surface area contributed by atoms with Crippen molar-refractivity contribution in [1.29, 1.82) is 0 Å². The topological polar surface area (TPSA) is 38.3 Å². The van der Waals surface area contributed by atoms with E-state index < -0.39 is 12.3 Å². The number of rotatable bonds is 4. The molecule has 0 aliphatic carbocycles. The van der Waals surface area contributed by atoms with Crippen molar-refractivity contribution in [1.82, 2.24) is 0 Å². The first kappa shape index (κ1) is 15.7. The number of hydrogen-bond donors (Lipinski definition) is 1. The number of halogens is 3. The van der Waals surface area contributed by atoms with Crippen molar-refractivity contribution >= 4 is 11.6 Å². The molecule has 1 aromatic rings. The molecule has 2 rings (SSSR count). The van der Waals surface area contributed by atoms with Crippen LogP contribution in [-0.4, -0.2) is 12.3 Å². The minimum atomic E-state index is -4.78. The molecule has 21 heavy (non-hydrogen) atoms. The highest BCUT2D eigenvalue weighted by Crippen LogP contribution is 2.45. The number of nitrogens with one attached hydrogen (secondary N) is 1. The molecule has 1 aromatic carbocycles. The van der Waals surface area contributed by atoms with E-state index in [2.05, 4.69) is 10.1 Å². The molecule has 3 nitrogen and oxygen atoms in total. The van der Waals surface area contributed by atoms with Crippen LogP contribution in [0, 0.1) is 11.8 Å². The Morgan fingerprint density at radius 2 is 1.95 bits per heavy atom. The van der Waals surface area contributed by atoms with E-state index in [9.17, 15) is 18.0 Å². The van der Waals surface area contributed by atoms with E-state index in [1.807, 2.05) is 20.8 Å². The van der Waals surface area contributed by atoms with Gasteiger partial charge < -0.3 is 10.1 Å². The van der Waals surface area contributed by atoms with Crippen LogP contribution in [0.15, 0.2) is 18.2 Å². The van der Waals surface area contributed by atoms with Gasteiger partial charge in [-0.2, -0.15) is 0 Å². The van der Waals surface area contributed by atoms with Gasteiger partial charge in [0.1, 0.15) is 0 Å². The van der Waals surface area contributed by atoms with Gasteiger partial charge in [0.25, 0.3) is 0 Å². The third kappa shape index (κ3) is 3.49. The minimum Gasteiger partial charge on any atom is -0.404 e. The fraction of sp³-hybridized carbons (Fsp3) is 0.533. The lowest BCUT2D eigenvalue weighted by molar-refractivity contribution is -0.274. The van der Waals surface area contributed by atoms with Crippen molar-refractivity contribution < 1.29 is 22.7 Å². The van der Waals surface area contributed by atoms with E-state index in [0.29, 0.717) is 11.5 Å². The summed E-state index contributed by atoms with van der Waals surface area (Å²) < 4.78 is 41.2. The fourth-order valence-corrected chi connectivity index (χ4v) is 2.94. The van der Waals surface area contributed by atoms with Crippen LogP contribution in [0.25, 0.3) is 0 Å². The van der Waals surface area contributed by atoms with E-state index in [0.717, 1.165) is 6.42 Å². The van der Waals surface area contributed by atoms with Gasteiger partial charge in [0.05, 0.1) is 11.6 Å². The molecule has 0 fully saturated rings. The van der Waals surface area contributed by atoms with Crippen molar-refractivity contribution in [3.8, 4) is 5.75 Å². The third-order valence-corrected chi connectivity index (χ3v) is 3.56. The molecule has 0 aromatic heterocycles. The summed E-state index contributed by atoms with van der Waals surface area (Å²) in [6, 6.07) is 4.37. The molecule has 2 unspecified atom stereocenters. The van der Waals surface area contributed by atoms with Gasteiger partial charge in [0, 0.05) is 0 Å². The zero-order valence-corrected chi connectivity index (χ0v) is 12.1. The van der Waals surface area contributed by atoms with E-state index in [4.69, 9.17) is 0 Å². The normalized spacial score (nSPS) is 19.4. The van der Waals surface area contributed by atoms with Crippen LogP contribution in [-0.2, 0) is 4.79 Å². The van der Waals surface area contributed by atoms with E-state index in [-0.39, 0.29) is 23.3 Å². The first-order valence-electron chi connectivity index (χ1n) is 6.88. The number of ether oxygens (including phenoxy) is 1. The second-order valence-electron chi connectivity index (χ2n) is 5.84. The highest BCUT2D eigenvalue weighted by Gasteiger charge is 2.39. The molecule has 0 saturated heterocycles. The summed E-state index contributed by atoms with van der Waals surface area (Å²) in [5.74, 6) is -0.595. The Hall–Kier alpha value is -1.72. The zero-order valence-electron chi connectivity index (χ0n) is 12.1. The first-order chi connectivity index (χ1) is 9.69. The Morgan fingerprint density at radius 3 is 2.52 bits per heavy atom. The minimum absolute atomic E-state index is 0.0485. The molecule has 1 N–H and O–H groups in total. The predicted octanol–water partition coefficient (Wildman–Crippen LogP) is 4.30. The summed E-state index contributed by atoms with van der Waals surface area (Å²) >= 11 is 0. The van der Waals surface area contributed by atoms with Gasteiger partial charge in [0.15, 0.2) is 5.75 Å². The summed E-state index contributed by atoms with van der Waals surface area (Å²) in [4.78, 5) is 12.1. The molecule has 1 aliphatic rings. The van der Waals surface area contributed by atoms with Crippen LogP contribution in [0.4, 0.5) is 18.9 Å². The van der Waals surface area contributed by atoms with Crippen LogP contribution < -0.4 is 10.1 Å². The molecular weight excluding hydrogens is 283 g/mol. The quantitative estimate of drug-likeness (QED) is 0.900. The molecule has 1 amide bonds. The van der Waals surface area contributed by atoms with Gasteiger partial charge in [-0.25, -0.2) is 0 Å². The summed E-state index contributed by atoms with van der Waals surface area (Å²) in [6.45, 7) is 6.04. The maximum absolute atomic E-state index is 12.4. The van der Waals surface area contributed by atoms with Crippen molar-refractivity contribution in [2.24, 2.45) is 11.8 Å². The standard InChI is InChI=1S/C15H18F3NO2/c1-8(2)7-9(3)12-10-5-4-6-11(21-15(16,17)18)13(10)19-14(12)20/h4-6,8-9,12H,7H2,1-3H3,(H,19,20). The maximum atomic E-state index is 12.4. The highest BCUT2D eigenvalue weighted by molar-refractivity contribution is 6.04. The van der Waals surface area contributed by atoms with Crippen molar-refractivity contribution in [3.63, 3.8) is 0 Å². The lowest BCUT2D eigenvalue weighted by atomic mass is 9.83. The maximum Gasteiger partial charge on any atom is 0.573 e. The molecule has 0 saturated carbocycles. The van der Waals surface area contributed by atoms with Gasteiger partial charge in [-0.1, -0.05) is 32.9 Å². The van der Waals surface area contributed by atoms with Crippen LogP contribution in [0.1, 0.15) is 38.7 Å². The van der Waals surface area contributed by atoms with Crippen LogP contribution in [0.2, 0.25) is 0 Å². The lowest BCUT2D eigenvalue weighted by Gasteiger charge is -2.20. The molecule has 1 heterocycles. The Balaban J connectivity index is 2.33. The lowest BCUT2D eigenvalue weighted by Crippen LogP contribution is -2.20. The highest BCUT2D eigenvalue weighted by atomic mass is 19.4. The third-order valence-electron chi connectivity index (χ3n) is 3.56. The number of fused-ring (bicyclic) bond motifs is 1. The molecule has 0 radical (unpaired) electrons. The number of benzene rings is 1. The molecular formula is C15H18F3NO2. The van der Waals surface area contributed by atoms with E-state index in [1.165, 1.54) is 12.1 Å². The average molecular weight is 301 g/mol. The first-order valence-corrected chi connectivity index (χ1v) is 6.88. The number of carbonyl (C=O) groups excluding carboxylic acids is 1.